The van der Waals surface area contributed by atoms with E-state index in [-0.39, 0.29) is 5.75 Å². The van der Waals surface area contributed by atoms with Gasteiger partial charge in [-0.15, -0.1) is 0 Å². The van der Waals surface area contributed by atoms with Crippen LogP contribution in [0.4, 0.5) is 4.39 Å². The van der Waals surface area contributed by atoms with Crippen molar-refractivity contribution in [2.45, 2.75) is 5.75 Å². The van der Waals surface area contributed by atoms with Crippen molar-refractivity contribution in [3.05, 3.63) is 29.6 Å². The SMILES string of the molecule is CSCc1ccc(F)cc1O. The van der Waals surface area contributed by atoms with E-state index in [1.807, 2.05) is 6.26 Å². The predicted octanol–water partition coefficient (Wildman–Crippen LogP) is 2.39. The molecule has 11 heavy (non-hydrogen) atoms. The standard InChI is InChI=1S/C8H9FOS/c1-11-5-6-2-3-7(9)4-8(6)10/h2-4,10H,5H2,1H3. The van der Waals surface area contributed by atoms with Crippen molar-refractivity contribution in [2.24, 2.45) is 0 Å². The molecule has 0 atom stereocenters. The van der Waals surface area contributed by atoms with Gasteiger partial charge in [0.15, 0.2) is 0 Å². The summed E-state index contributed by atoms with van der Waals surface area (Å²) in [4.78, 5) is 0. The Kier molecular flexibility index (Phi) is 2.76. The van der Waals surface area contributed by atoms with Crippen LogP contribution in [0.3, 0.4) is 0 Å². The molecule has 0 heterocycles. The number of rotatable bonds is 2. The molecule has 0 fully saturated rings. The third kappa shape index (κ3) is 2.12. The monoisotopic (exact) mass is 172 g/mol. The molecule has 1 rings (SSSR count). The number of hydrogen-bond acceptors (Lipinski definition) is 2. The summed E-state index contributed by atoms with van der Waals surface area (Å²) in [6, 6.07) is 4.08. The van der Waals surface area contributed by atoms with E-state index < -0.39 is 5.82 Å². The summed E-state index contributed by atoms with van der Waals surface area (Å²) < 4.78 is 12.4. The van der Waals surface area contributed by atoms with Gasteiger partial charge in [-0.25, -0.2) is 4.39 Å². The van der Waals surface area contributed by atoms with Crippen molar-refractivity contribution in [3.8, 4) is 5.75 Å². The number of aromatic hydroxyl groups is 1. The second-order valence-electron chi connectivity index (χ2n) is 2.21. The Hall–Kier alpha value is -0.700. The van der Waals surface area contributed by atoms with E-state index in [1.54, 1.807) is 17.8 Å². The van der Waals surface area contributed by atoms with Crippen molar-refractivity contribution in [1.29, 1.82) is 0 Å². The molecule has 60 valence electrons. The van der Waals surface area contributed by atoms with Gasteiger partial charge < -0.3 is 5.11 Å². The zero-order valence-electron chi connectivity index (χ0n) is 6.17. The minimum atomic E-state index is -0.396. The van der Waals surface area contributed by atoms with Crippen molar-refractivity contribution in [2.75, 3.05) is 6.26 Å². The van der Waals surface area contributed by atoms with E-state index in [0.29, 0.717) is 5.75 Å². The first kappa shape index (κ1) is 8.40. The summed E-state index contributed by atoms with van der Waals surface area (Å²) >= 11 is 1.59. The van der Waals surface area contributed by atoms with Gasteiger partial charge in [-0.2, -0.15) is 11.8 Å². The van der Waals surface area contributed by atoms with E-state index in [4.69, 9.17) is 5.11 Å². The van der Waals surface area contributed by atoms with Gasteiger partial charge in [0.05, 0.1) is 0 Å². The molecule has 0 spiro atoms. The van der Waals surface area contributed by atoms with Crippen LogP contribution >= 0.6 is 11.8 Å². The number of hydrogen-bond donors (Lipinski definition) is 1. The van der Waals surface area contributed by atoms with E-state index in [2.05, 4.69) is 0 Å². The minimum Gasteiger partial charge on any atom is -0.508 e. The quantitative estimate of drug-likeness (QED) is 0.739. The third-order valence-electron chi connectivity index (χ3n) is 1.35. The Morgan fingerprint density at radius 2 is 2.27 bits per heavy atom. The number of halogens is 1. The summed E-state index contributed by atoms with van der Waals surface area (Å²) in [5.41, 5.74) is 0.777. The molecule has 0 aliphatic rings. The van der Waals surface area contributed by atoms with Crippen LogP contribution in [0.1, 0.15) is 5.56 Å². The van der Waals surface area contributed by atoms with Crippen LogP contribution in [0.5, 0.6) is 5.75 Å². The molecule has 0 unspecified atom stereocenters. The number of benzene rings is 1. The molecular formula is C8H9FOS. The van der Waals surface area contributed by atoms with E-state index >= 15 is 0 Å². The second kappa shape index (κ2) is 3.62. The Morgan fingerprint density at radius 1 is 1.55 bits per heavy atom. The van der Waals surface area contributed by atoms with Crippen molar-refractivity contribution in [1.82, 2.24) is 0 Å². The highest BCUT2D eigenvalue weighted by Gasteiger charge is 2.00. The van der Waals surface area contributed by atoms with Gasteiger partial charge in [0, 0.05) is 17.4 Å². The minimum absolute atomic E-state index is 0.0411. The van der Waals surface area contributed by atoms with E-state index in [9.17, 15) is 4.39 Å². The Bertz CT molecular complexity index is 250. The fourth-order valence-electron chi connectivity index (χ4n) is 0.815. The maximum atomic E-state index is 12.4. The van der Waals surface area contributed by atoms with E-state index in [0.717, 1.165) is 11.6 Å². The molecule has 0 saturated heterocycles. The first-order valence-corrected chi connectivity index (χ1v) is 4.59. The molecule has 0 radical (unpaired) electrons. The Labute approximate surface area is 69.2 Å². The lowest BCUT2D eigenvalue weighted by molar-refractivity contribution is 0.464. The maximum absolute atomic E-state index is 12.4. The van der Waals surface area contributed by atoms with Gasteiger partial charge in [-0.3, -0.25) is 0 Å². The second-order valence-corrected chi connectivity index (χ2v) is 3.07. The summed E-state index contributed by atoms with van der Waals surface area (Å²) in [5, 5.41) is 9.17. The van der Waals surface area contributed by atoms with Crippen LogP contribution in [0.15, 0.2) is 18.2 Å². The van der Waals surface area contributed by atoms with Crippen LogP contribution in [0.2, 0.25) is 0 Å². The lowest BCUT2D eigenvalue weighted by Crippen LogP contribution is -1.82. The van der Waals surface area contributed by atoms with Gasteiger partial charge in [0.25, 0.3) is 0 Å². The fraction of sp³-hybridized carbons (Fsp3) is 0.250. The highest BCUT2D eigenvalue weighted by Crippen LogP contribution is 2.21. The molecule has 0 amide bonds. The highest BCUT2D eigenvalue weighted by molar-refractivity contribution is 7.97. The number of phenols is 1. The summed E-state index contributed by atoms with van der Waals surface area (Å²) in [5.74, 6) is 0.359. The zero-order chi connectivity index (χ0) is 8.27. The topological polar surface area (TPSA) is 20.2 Å². The van der Waals surface area contributed by atoms with Gasteiger partial charge in [0.1, 0.15) is 11.6 Å². The van der Waals surface area contributed by atoms with Crippen molar-refractivity contribution < 1.29 is 9.50 Å². The molecule has 0 aromatic heterocycles. The van der Waals surface area contributed by atoms with Gasteiger partial charge in [-0.1, -0.05) is 6.07 Å². The fourth-order valence-corrected chi connectivity index (χ4v) is 1.37. The van der Waals surface area contributed by atoms with Crippen molar-refractivity contribution in [3.63, 3.8) is 0 Å². The molecule has 0 aliphatic carbocycles. The molecule has 3 heteroatoms. The van der Waals surface area contributed by atoms with Gasteiger partial charge in [0.2, 0.25) is 0 Å². The molecular weight excluding hydrogens is 163 g/mol. The van der Waals surface area contributed by atoms with Gasteiger partial charge >= 0.3 is 0 Å². The molecule has 0 saturated carbocycles. The maximum Gasteiger partial charge on any atom is 0.126 e. The largest absolute Gasteiger partial charge is 0.508 e. The number of phenolic OH excluding ortho intramolecular Hbond substituents is 1. The molecule has 0 bridgehead atoms. The van der Waals surface area contributed by atoms with Crippen LogP contribution in [-0.2, 0) is 5.75 Å². The lowest BCUT2D eigenvalue weighted by Gasteiger charge is -2.00. The summed E-state index contributed by atoms with van der Waals surface area (Å²) in [6.07, 6.45) is 1.93. The van der Waals surface area contributed by atoms with Crippen LogP contribution in [0.25, 0.3) is 0 Å². The van der Waals surface area contributed by atoms with Crippen LogP contribution in [0, 0.1) is 5.82 Å². The average Bonchev–Trinajstić information content (AvgIpc) is 1.95. The zero-order valence-corrected chi connectivity index (χ0v) is 6.99. The van der Waals surface area contributed by atoms with Crippen molar-refractivity contribution >= 4 is 11.8 Å². The molecule has 1 aromatic carbocycles. The molecule has 1 aromatic rings. The summed E-state index contributed by atoms with van der Waals surface area (Å²) in [7, 11) is 0. The smallest absolute Gasteiger partial charge is 0.126 e. The van der Waals surface area contributed by atoms with Crippen LogP contribution < -0.4 is 0 Å². The Balaban J connectivity index is 2.90. The van der Waals surface area contributed by atoms with E-state index in [1.165, 1.54) is 6.07 Å². The molecule has 1 nitrogen and oxygen atoms in total. The number of thioether (sulfide) groups is 1. The first-order valence-electron chi connectivity index (χ1n) is 3.20. The predicted molar refractivity (Wildman–Crippen MR) is 45.3 cm³/mol. The molecule has 0 aliphatic heterocycles. The Morgan fingerprint density at radius 3 is 2.82 bits per heavy atom. The first-order chi connectivity index (χ1) is 5.24. The summed E-state index contributed by atoms with van der Waals surface area (Å²) in [6.45, 7) is 0. The normalized spacial score (nSPS) is 10.0. The molecule has 1 N–H and O–H groups in total. The third-order valence-corrected chi connectivity index (χ3v) is 1.95. The average molecular weight is 172 g/mol. The van der Waals surface area contributed by atoms with Crippen LogP contribution in [-0.4, -0.2) is 11.4 Å². The van der Waals surface area contributed by atoms with Gasteiger partial charge in [-0.05, 0) is 12.3 Å². The highest BCUT2D eigenvalue weighted by atomic mass is 32.2. The lowest BCUT2D eigenvalue weighted by atomic mass is 10.2.